The largest absolute Gasteiger partial charge is 0.381 e. The second kappa shape index (κ2) is 9.78. The molecule has 1 atom stereocenters. The molecule has 3 aromatic rings. The number of urea groups is 1. The standard InChI is InChI=1S/C28H32N4O4/c1-3-4-17-36-18-7-15-29-25(33)19-10-12-20(13-11-19)32-26(34)28(2)24-22(14-16-31(28)27(32)35)21-8-5-6-9-23(21)30-24/h5-6,8-13,30H,3-4,7,14-18H2,1-2H3,(H,29,33). The normalized spacial score (nSPS) is 19.1. The lowest BCUT2D eigenvalue weighted by Gasteiger charge is -2.35. The van der Waals surface area contributed by atoms with E-state index in [0.717, 1.165) is 48.0 Å². The predicted molar refractivity (Wildman–Crippen MR) is 138 cm³/mol. The van der Waals surface area contributed by atoms with Crippen LogP contribution in [0, 0.1) is 0 Å². The van der Waals surface area contributed by atoms with Gasteiger partial charge in [-0.2, -0.15) is 0 Å². The number of carbonyl (C=O) groups excluding carboxylic acids is 3. The number of hydrogen-bond acceptors (Lipinski definition) is 4. The molecule has 0 saturated carbocycles. The number of nitrogens with one attached hydrogen (secondary N) is 2. The molecule has 0 bridgehead atoms. The van der Waals surface area contributed by atoms with E-state index in [-0.39, 0.29) is 17.8 Å². The summed E-state index contributed by atoms with van der Waals surface area (Å²) in [5.41, 5.74) is 2.68. The Morgan fingerprint density at radius 1 is 1.08 bits per heavy atom. The van der Waals surface area contributed by atoms with Crippen molar-refractivity contribution < 1.29 is 19.1 Å². The molecular formula is C28H32N4O4. The van der Waals surface area contributed by atoms with E-state index in [1.54, 1.807) is 29.2 Å². The lowest BCUT2D eigenvalue weighted by molar-refractivity contribution is -0.125. The number of benzene rings is 2. The SMILES string of the molecule is CCCCOCCCNC(=O)c1ccc(N2C(=O)N3CCc4c([nH]c5ccccc45)C3(C)C2=O)cc1. The Morgan fingerprint density at radius 3 is 2.61 bits per heavy atom. The number of aromatic nitrogens is 1. The summed E-state index contributed by atoms with van der Waals surface area (Å²) in [4.78, 5) is 45.9. The van der Waals surface area contributed by atoms with Crippen LogP contribution >= 0.6 is 0 Å². The number of para-hydroxylation sites is 1. The minimum atomic E-state index is -1.10. The molecule has 2 aliphatic heterocycles. The maximum atomic E-state index is 13.8. The number of unbranched alkanes of at least 4 members (excludes halogenated alkanes) is 1. The fourth-order valence-electron chi connectivity index (χ4n) is 5.21. The van der Waals surface area contributed by atoms with Crippen LogP contribution in [0.25, 0.3) is 10.9 Å². The molecule has 0 spiro atoms. The highest BCUT2D eigenvalue weighted by atomic mass is 16.5. The van der Waals surface area contributed by atoms with Gasteiger partial charge in [0.1, 0.15) is 0 Å². The van der Waals surface area contributed by atoms with E-state index < -0.39 is 5.54 Å². The first kappa shape index (κ1) is 24.1. The second-order valence-corrected chi connectivity index (χ2v) is 9.54. The lowest BCUT2D eigenvalue weighted by atomic mass is 9.87. The molecule has 1 aromatic heterocycles. The quantitative estimate of drug-likeness (QED) is 0.346. The third-order valence-corrected chi connectivity index (χ3v) is 7.25. The van der Waals surface area contributed by atoms with Gasteiger partial charge >= 0.3 is 6.03 Å². The van der Waals surface area contributed by atoms with Crippen molar-refractivity contribution in [3.05, 3.63) is 65.4 Å². The predicted octanol–water partition coefficient (Wildman–Crippen LogP) is 4.34. The summed E-state index contributed by atoms with van der Waals surface area (Å²) in [6.45, 7) is 6.29. The van der Waals surface area contributed by atoms with E-state index >= 15 is 0 Å². The zero-order valence-corrected chi connectivity index (χ0v) is 20.8. The van der Waals surface area contributed by atoms with Crippen LogP contribution in [0.3, 0.4) is 0 Å². The average molecular weight is 489 g/mol. The monoisotopic (exact) mass is 488 g/mol. The lowest BCUT2D eigenvalue weighted by Crippen LogP contribution is -2.49. The van der Waals surface area contributed by atoms with E-state index in [1.807, 2.05) is 31.2 Å². The van der Waals surface area contributed by atoms with Gasteiger partial charge in [0.05, 0.1) is 11.4 Å². The fourth-order valence-corrected chi connectivity index (χ4v) is 5.21. The Bertz CT molecular complexity index is 1300. The molecule has 1 unspecified atom stereocenters. The van der Waals surface area contributed by atoms with Gasteiger partial charge in [0.2, 0.25) is 0 Å². The van der Waals surface area contributed by atoms with Crippen LogP contribution in [0.5, 0.6) is 0 Å². The Hall–Kier alpha value is -3.65. The van der Waals surface area contributed by atoms with E-state index in [2.05, 4.69) is 17.2 Å². The number of anilines is 1. The van der Waals surface area contributed by atoms with Crippen molar-refractivity contribution in [3.63, 3.8) is 0 Å². The number of fused-ring (bicyclic) bond motifs is 5. The molecule has 5 rings (SSSR count). The van der Waals surface area contributed by atoms with Crippen molar-refractivity contribution in [2.24, 2.45) is 0 Å². The number of rotatable bonds is 9. The summed E-state index contributed by atoms with van der Waals surface area (Å²) >= 11 is 0. The number of nitrogens with zero attached hydrogens (tertiary/aromatic N) is 2. The number of H-pyrrole nitrogens is 1. The number of ether oxygens (including phenoxy) is 1. The molecule has 8 heteroatoms. The summed E-state index contributed by atoms with van der Waals surface area (Å²) in [7, 11) is 0. The molecule has 2 aromatic carbocycles. The molecule has 188 valence electrons. The van der Waals surface area contributed by atoms with Gasteiger partial charge in [0, 0.05) is 42.8 Å². The molecule has 2 aliphatic rings. The Labute approximate surface area is 210 Å². The van der Waals surface area contributed by atoms with Gasteiger partial charge in [-0.1, -0.05) is 31.5 Å². The van der Waals surface area contributed by atoms with E-state index in [4.69, 9.17) is 4.74 Å². The zero-order valence-electron chi connectivity index (χ0n) is 20.8. The van der Waals surface area contributed by atoms with Crippen molar-refractivity contribution in [3.8, 4) is 0 Å². The van der Waals surface area contributed by atoms with Crippen LogP contribution in [0.4, 0.5) is 10.5 Å². The van der Waals surface area contributed by atoms with Crippen LogP contribution in [0.15, 0.2) is 48.5 Å². The molecule has 3 heterocycles. The Balaban J connectivity index is 1.29. The molecule has 1 fully saturated rings. The number of carbonyl (C=O) groups is 3. The minimum absolute atomic E-state index is 0.193. The van der Waals surface area contributed by atoms with Gasteiger partial charge in [0.25, 0.3) is 11.8 Å². The molecular weight excluding hydrogens is 456 g/mol. The molecule has 0 radical (unpaired) electrons. The third-order valence-electron chi connectivity index (χ3n) is 7.25. The van der Waals surface area contributed by atoms with Crippen molar-refractivity contribution in [1.29, 1.82) is 0 Å². The van der Waals surface area contributed by atoms with E-state index in [9.17, 15) is 14.4 Å². The maximum Gasteiger partial charge on any atom is 0.332 e. The molecule has 36 heavy (non-hydrogen) atoms. The first-order chi connectivity index (χ1) is 17.5. The molecule has 8 nitrogen and oxygen atoms in total. The first-order valence-corrected chi connectivity index (χ1v) is 12.7. The highest BCUT2D eigenvalue weighted by molar-refractivity contribution is 6.23. The van der Waals surface area contributed by atoms with Gasteiger partial charge < -0.3 is 19.9 Å². The van der Waals surface area contributed by atoms with Crippen molar-refractivity contribution >= 4 is 34.4 Å². The van der Waals surface area contributed by atoms with Gasteiger partial charge in [0.15, 0.2) is 5.54 Å². The summed E-state index contributed by atoms with van der Waals surface area (Å²) in [5.74, 6) is -0.485. The smallest absolute Gasteiger partial charge is 0.332 e. The number of imide groups is 1. The fraction of sp³-hybridized carbons (Fsp3) is 0.393. The number of hydrogen-bond donors (Lipinski definition) is 2. The third kappa shape index (κ3) is 3.95. The van der Waals surface area contributed by atoms with Crippen molar-refractivity contribution in [2.75, 3.05) is 31.2 Å². The summed E-state index contributed by atoms with van der Waals surface area (Å²) in [6, 6.07) is 14.3. The average Bonchev–Trinajstić information content (AvgIpc) is 3.37. The summed E-state index contributed by atoms with van der Waals surface area (Å²) in [5, 5.41) is 3.98. The van der Waals surface area contributed by atoms with Crippen LogP contribution in [-0.4, -0.2) is 54.0 Å². The molecule has 2 N–H and O–H groups in total. The highest BCUT2D eigenvalue weighted by Gasteiger charge is 2.58. The number of amides is 4. The number of aromatic amines is 1. The van der Waals surface area contributed by atoms with Gasteiger partial charge in [-0.25, -0.2) is 9.69 Å². The highest BCUT2D eigenvalue weighted by Crippen LogP contribution is 2.45. The maximum absolute atomic E-state index is 13.8. The minimum Gasteiger partial charge on any atom is -0.381 e. The summed E-state index contributed by atoms with van der Waals surface area (Å²) < 4.78 is 5.51. The van der Waals surface area contributed by atoms with Crippen LogP contribution in [0.1, 0.15) is 54.7 Å². The Kier molecular flexibility index (Phi) is 6.53. The van der Waals surface area contributed by atoms with Crippen molar-refractivity contribution in [1.82, 2.24) is 15.2 Å². The summed E-state index contributed by atoms with van der Waals surface area (Å²) in [6.07, 6.45) is 3.57. The molecule has 0 aliphatic carbocycles. The molecule has 1 saturated heterocycles. The van der Waals surface area contributed by atoms with Gasteiger partial charge in [-0.3, -0.25) is 9.59 Å². The Morgan fingerprint density at radius 2 is 1.83 bits per heavy atom. The topological polar surface area (TPSA) is 94.7 Å². The van der Waals surface area contributed by atoms with Crippen LogP contribution < -0.4 is 10.2 Å². The van der Waals surface area contributed by atoms with Gasteiger partial charge in [-0.15, -0.1) is 0 Å². The van der Waals surface area contributed by atoms with Crippen molar-refractivity contribution in [2.45, 2.75) is 45.1 Å². The van der Waals surface area contributed by atoms with Crippen LogP contribution in [-0.2, 0) is 21.5 Å². The van der Waals surface area contributed by atoms with E-state index in [0.29, 0.717) is 37.4 Å². The van der Waals surface area contributed by atoms with E-state index in [1.165, 1.54) is 4.90 Å². The van der Waals surface area contributed by atoms with Crippen LogP contribution in [0.2, 0.25) is 0 Å². The van der Waals surface area contributed by atoms with Gasteiger partial charge in [-0.05, 0) is 62.1 Å². The second-order valence-electron chi connectivity index (χ2n) is 9.54. The first-order valence-electron chi connectivity index (χ1n) is 12.7. The molecule has 4 amide bonds. The zero-order chi connectivity index (χ0) is 25.3.